The molecule has 1 N–H and O–H groups in total. The molecule has 102 valence electrons. The first-order valence-electron chi connectivity index (χ1n) is 7.52. The summed E-state index contributed by atoms with van der Waals surface area (Å²) in [6.45, 7) is 1.99. The van der Waals surface area contributed by atoms with Gasteiger partial charge in [0.05, 0.1) is 11.4 Å². The second kappa shape index (κ2) is 5.02. The molecular formula is C14H23BN4. The Kier molecular flexibility index (Phi) is 3.37. The topological polar surface area (TPSA) is 41.1 Å². The molecule has 1 aromatic heterocycles. The zero-order valence-corrected chi connectivity index (χ0v) is 12.1. The lowest BCUT2D eigenvalue weighted by atomic mass is 9.61. The van der Waals surface area contributed by atoms with Crippen LogP contribution >= 0.6 is 0 Å². The Labute approximate surface area is 116 Å². The van der Waals surface area contributed by atoms with Gasteiger partial charge in [0.1, 0.15) is 7.85 Å². The maximum absolute atomic E-state index is 4.52. The third kappa shape index (κ3) is 2.43. The molecule has 0 bridgehead atoms. The van der Waals surface area contributed by atoms with E-state index < -0.39 is 0 Å². The van der Waals surface area contributed by atoms with Crippen molar-refractivity contribution < 1.29 is 0 Å². The first-order valence-corrected chi connectivity index (χ1v) is 7.52. The van der Waals surface area contributed by atoms with E-state index in [2.05, 4.69) is 41.4 Å². The lowest BCUT2D eigenvalue weighted by Gasteiger charge is -2.31. The average molecular weight is 258 g/mol. The molecule has 2 aliphatic rings. The van der Waals surface area contributed by atoms with Crippen LogP contribution in [0, 0.1) is 0 Å². The maximum Gasteiger partial charge on any atom is 0.172 e. The van der Waals surface area contributed by atoms with Gasteiger partial charge in [-0.05, 0) is 24.2 Å². The van der Waals surface area contributed by atoms with Gasteiger partial charge in [0.25, 0.3) is 0 Å². The van der Waals surface area contributed by atoms with Crippen LogP contribution in [-0.4, -0.2) is 38.2 Å². The van der Waals surface area contributed by atoms with Gasteiger partial charge in [0.15, 0.2) is 5.82 Å². The monoisotopic (exact) mass is 258 g/mol. The molecule has 1 fully saturated rings. The Morgan fingerprint density at radius 2 is 1.95 bits per heavy atom. The van der Waals surface area contributed by atoms with Crippen molar-refractivity contribution in [3.8, 4) is 0 Å². The summed E-state index contributed by atoms with van der Waals surface area (Å²) in [6, 6.07) is 2.26. The van der Waals surface area contributed by atoms with E-state index in [9.17, 15) is 0 Å². The zero-order chi connectivity index (χ0) is 13.3. The number of nitrogens with zero attached hydrogens (tertiary/aromatic N) is 3. The van der Waals surface area contributed by atoms with E-state index in [4.69, 9.17) is 0 Å². The number of hydrogen-bond donors (Lipinski definition) is 1. The number of fused-ring (bicyclic) bond motifs is 1. The van der Waals surface area contributed by atoms with Crippen molar-refractivity contribution in [2.75, 3.05) is 30.4 Å². The van der Waals surface area contributed by atoms with Crippen LogP contribution in [0.1, 0.15) is 44.2 Å². The summed E-state index contributed by atoms with van der Waals surface area (Å²) < 4.78 is 0. The van der Waals surface area contributed by atoms with E-state index in [1.165, 1.54) is 49.9 Å². The smallest absolute Gasteiger partial charge is 0.172 e. The lowest BCUT2D eigenvalue weighted by Crippen LogP contribution is -2.33. The molecule has 0 aromatic carbocycles. The second-order valence-electron chi connectivity index (χ2n) is 6.29. The minimum atomic E-state index is 0.219. The molecule has 0 radical (unpaired) electrons. The van der Waals surface area contributed by atoms with Crippen molar-refractivity contribution in [2.45, 2.75) is 43.8 Å². The summed E-state index contributed by atoms with van der Waals surface area (Å²) in [5, 5.41) is 12.5. The number of nitrogens with one attached hydrogen (secondary N) is 1. The van der Waals surface area contributed by atoms with Gasteiger partial charge in [0, 0.05) is 20.1 Å². The fourth-order valence-corrected chi connectivity index (χ4v) is 3.32. The highest BCUT2D eigenvalue weighted by Gasteiger charge is 2.31. The van der Waals surface area contributed by atoms with Gasteiger partial charge in [-0.1, -0.05) is 25.7 Å². The first-order chi connectivity index (χ1) is 9.19. The van der Waals surface area contributed by atoms with Crippen LogP contribution in [0.25, 0.3) is 0 Å². The molecule has 0 saturated heterocycles. The Morgan fingerprint density at radius 1 is 1.21 bits per heavy atom. The van der Waals surface area contributed by atoms with Crippen LogP contribution in [0.2, 0.25) is 0 Å². The van der Waals surface area contributed by atoms with Gasteiger partial charge in [0.2, 0.25) is 0 Å². The molecule has 1 saturated carbocycles. The predicted octanol–water partition coefficient (Wildman–Crippen LogP) is 1.52. The molecule has 0 amide bonds. The SMILES string of the molecule is BC1(c2cc3c(nn2)NCCN3C)CCCCCC1. The van der Waals surface area contributed by atoms with Gasteiger partial charge in [-0.15, -0.1) is 5.10 Å². The van der Waals surface area contributed by atoms with Gasteiger partial charge in [-0.2, -0.15) is 5.10 Å². The molecule has 0 atom stereocenters. The number of aromatic nitrogens is 2. The molecule has 5 heteroatoms. The Hall–Kier alpha value is -1.26. The summed E-state index contributed by atoms with van der Waals surface area (Å²) >= 11 is 0. The molecule has 3 rings (SSSR count). The standard InChI is InChI=1S/C14H23BN4/c1-19-9-8-16-13-11(19)10-12(17-18-13)14(15)6-4-2-3-5-7-14/h10H,2-9,15H2,1H3,(H,16,18). The second-order valence-corrected chi connectivity index (χ2v) is 6.29. The number of rotatable bonds is 1. The maximum atomic E-state index is 4.52. The Bertz CT molecular complexity index is 455. The van der Waals surface area contributed by atoms with Crippen LogP contribution in [0.5, 0.6) is 0 Å². The summed E-state index contributed by atoms with van der Waals surface area (Å²) in [5.41, 5.74) is 2.39. The van der Waals surface area contributed by atoms with Crippen LogP contribution in [0.3, 0.4) is 0 Å². The van der Waals surface area contributed by atoms with Crippen molar-refractivity contribution in [3.63, 3.8) is 0 Å². The van der Waals surface area contributed by atoms with Crippen LogP contribution in [0.4, 0.5) is 11.5 Å². The zero-order valence-electron chi connectivity index (χ0n) is 12.1. The van der Waals surface area contributed by atoms with E-state index in [1.807, 2.05) is 0 Å². The fraction of sp³-hybridized carbons (Fsp3) is 0.714. The molecule has 1 aliphatic carbocycles. The highest BCUT2D eigenvalue weighted by molar-refractivity contribution is 6.15. The van der Waals surface area contributed by atoms with Gasteiger partial charge in [-0.3, -0.25) is 0 Å². The molecule has 1 aromatic rings. The van der Waals surface area contributed by atoms with E-state index in [0.29, 0.717) is 0 Å². The predicted molar refractivity (Wildman–Crippen MR) is 81.7 cm³/mol. The van der Waals surface area contributed by atoms with E-state index in [1.54, 1.807) is 0 Å². The van der Waals surface area contributed by atoms with Crippen molar-refractivity contribution >= 4 is 19.4 Å². The van der Waals surface area contributed by atoms with E-state index >= 15 is 0 Å². The lowest BCUT2D eigenvalue weighted by molar-refractivity contribution is 0.503. The Balaban J connectivity index is 1.94. The van der Waals surface area contributed by atoms with Crippen molar-refractivity contribution in [1.82, 2.24) is 10.2 Å². The summed E-state index contributed by atoms with van der Waals surface area (Å²) in [6.07, 6.45) is 7.88. The van der Waals surface area contributed by atoms with Gasteiger partial charge >= 0.3 is 0 Å². The summed E-state index contributed by atoms with van der Waals surface area (Å²) in [7, 11) is 4.51. The molecule has 2 heterocycles. The molecule has 19 heavy (non-hydrogen) atoms. The normalized spacial score (nSPS) is 22.3. The third-order valence-corrected chi connectivity index (χ3v) is 4.75. The van der Waals surface area contributed by atoms with E-state index in [-0.39, 0.29) is 5.31 Å². The van der Waals surface area contributed by atoms with Crippen molar-refractivity contribution in [2.24, 2.45) is 0 Å². The third-order valence-electron chi connectivity index (χ3n) is 4.75. The van der Waals surface area contributed by atoms with Gasteiger partial charge in [-0.25, -0.2) is 0 Å². The summed E-state index contributed by atoms with van der Waals surface area (Å²) in [4.78, 5) is 2.28. The largest absolute Gasteiger partial charge is 0.370 e. The summed E-state index contributed by atoms with van der Waals surface area (Å²) in [5.74, 6) is 0.940. The first kappa shape index (κ1) is 12.8. The quantitative estimate of drug-likeness (QED) is 0.612. The molecule has 1 aliphatic heterocycles. The minimum absolute atomic E-state index is 0.219. The Morgan fingerprint density at radius 3 is 2.68 bits per heavy atom. The number of likely N-dealkylation sites (N-methyl/N-ethyl adjacent to an activating group) is 1. The molecular weight excluding hydrogens is 235 g/mol. The number of hydrogen-bond acceptors (Lipinski definition) is 4. The molecule has 0 spiro atoms. The van der Waals surface area contributed by atoms with Crippen LogP contribution in [-0.2, 0) is 5.31 Å². The highest BCUT2D eigenvalue weighted by Crippen LogP contribution is 2.37. The molecule has 0 unspecified atom stereocenters. The van der Waals surface area contributed by atoms with Crippen LogP contribution in [0.15, 0.2) is 6.07 Å². The van der Waals surface area contributed by atoms with Gasteiger partial charge < -0.3 is 10.2 Å². The highest BCUT2D eigenvalue weighted by atomic mass is 15.3. The van der Waals surface area contributed by atoms with Crippen molar-refractivity contribution in [3.05, 3.63) is 11.8 Å². The number of anilines is 2. The average Bonchev–Trinajstić information content (AvgIpc) is 2.65. The fourth-order valence-electron chi connectivity index (χ4n) is 3.32. The van der Waals surface area contributed by atoms with Crippen molar-refractivity contribution in [1.29, 1.82) is 0 Å². The van der Waals surface area contributed by atoms with E-state index in [0.717, 1.165) is 18.9 Å². The van der Waals surface area contributed by atoms with Crippen LogP contribution < -0.4 is 10.2 Å². The molecule has 4 nitrogen and oxygen atoms in total. The minimum Gasteiger partial charge on any atom is -0.370 e.